The Balaban J connectivity index is 2.18. The van der Waals surface area contributed by atoms with Crippen molar-refractivity contribution in [2.45, 2.75) is 58.3 Å². The van der Waals surface area contributed by atoms with Gasteiger partial charge in [0.15, 0.2) is 0 Å². The average Bonchev–Trinajstić information content (AvgIpc) is 2.54. The fourth-order valence-electron chi connectivity index (χ4n) is 3.59. The van der Waals surface area contributed by atoms with E-state index in [0.717, 1.165) is 24.8 Å². The second kappa shape index (κ2) is 7.62. The van der Waals surface area contributed by atoms with Crippen molar-refractivity contribution in [3.05, 3.63) is 35.4 Å². The monoisotopic (exact) mass is 318 g/mol. The molecule has 0 bridgehead atoms. The van der Waals surface area contributed by atoms with E-state index in [0.29, 0.717) is 32.1 Å². The van der Waals surface area contributed by atoms with E-state index in [4.69, 9.17) is 5.11 Å². The Morgan fingerprint density at radius 2 is 1.74 bits per heavy atom. The molecule has 126 valence electrons. The lowest BCUT2D eigenvalue weighted by Gasteiger charge is -2.36. The molecule has 0 saturated heterocycles. The molecule has 1 fully saturated rings. The van der Waals surface area contributed by atoms with Crippen LogP contribution in [0.5, 0.6) is 0 Å². The van der Waals surface area contributed by atoms with Crippen LogP contribution in [-0.2, 0) is 22.4 Å². The summed E-state index contributed by atoms with van der Waals surface area (Å²) < 4.78 is 0. The molecule has 1 aromatic rings. The van der Waals surface area contributed by atoms with E-state index in [1.807, 2.05) is 18.2 Å². The van der Waals surface area contributed by atoms with Crippen molar-refractivity contribution in [1.29, 1.82) is 0 Å². The number of rotatable bonds is 7. The number of carboxylic acid groups (broad SMARTS) is 2. The third-order valence-electron chi connectivity index (χ3n) is 5.19. The Hall–Kier alpha value is -1.84. The molecule has 1 aliphatic rings. The molecule has 4 heteroatoms. The first-order valence-corrected chi connectivity index (χ1v) is 8.51. The molecule has 2 rings (SSSR count). The van der Waals surface area contributed by atoms with Crippen LogP contribution in [0.4, 0.5) is 0 Å². The van der Waals surface area contributed by atoms with Gasteiger partial charge in [0.1, 0.15) is 0 Å². The molecule has 0 atom stereocenters. The number of carbonyl (C=O) groups is 2. The molecular formula is C19H26O4. The number of hydrogen-bond donors (Lipinski definition) is 2. The average molecular weight is 318 g/mol. The van der Waals surface area contributed by atoms with Gasteiger partial charge in [0.25, 0.3) is 0 Å². The topological polar surface area (TPSA) is 74.6 Å². The lowest BCUT2D eigenvalue weighted by atomic mass is 9.67. The van der Waals surface area contributed by atoms with E-state index < -0.39 is 23.3 Å². The summed E-state index contributed by atoms with van der Waals surface area (Å²) in [6.07, 6.45) is 5.49. The summed E-state index contributed by atoms with van der Waals surface area (Å²) in [7, 11) is 0. The van der Waals surface area contributed by atoms with Crippen molar-refractivity contribution in [3.8, 4) is 0 Å². The molecule has 4 nitrogen and oxygen atoms in total. The predicted molar refractivity (Wildman–Crippen MR) is 88.4 cm³/mol. The predicted octanol–water partition coefficient (Wildman–Crippen LogP) is 3.92. The Bertz CT molecular complexity index is 556. The van der Waals surface area contributed by atoms with Gasteiger partial charge in [-0.3, -0.25) is 9.59 Å². The van der Waals surface area contributed by atoms with Crippen LogP contribution in [0, 0.1) is 11.3 Å². The molecule has 1 aromatic carbocycles. The molecule has 0 aromatic heterocycles. The van der Waals surface area contributed by atoms with E-state index in [9.17, 15) is 14.7 Å². The Morgan fingerprint density at radius 3 is 2.26 bits per heavy atom. The van der Waals surface area contributed by atoms with Gasteiger partial charge in [-0.05, 0) is 56.1 Å². The van der Waals surface area contributed by atoms with Gasteiger partial charge in [0, 0.05) is 0 Å². The molecule has 1 saturated carbocycles. The van der Waals surface area contributed by atoms with Gasteiger partial charge in [-0.25, -0.2) is 0 Å². The molecule has 0 spiro atoms. The summed E-state index contributed by atoms with van der Waals surface area (Å²) in [5, 5.41) is 18.9. The largest absolute Gasteiger partial charge is 0.481 e. The molecule has 0 radical (unpaired) electrons. The lowest BCUT2D eigenvalue weighted by Crippen LogP contribution is -2.39. The Morgan fingerprint density at radius 1 is 1.13 bits per heavy atom. The molecule has 0 amide bonds. The van der Waals surface area contributed by atoms with E-state index in [1.165, 1.54) is 5.56 Å². The van der Waals surface area contributed by atoms with E-state index in [2.05, 4.69) is 13.0 Å². The van der Waals surface area contributed by atoms with Crippen molar-refractivity contribution >= 4 is 11.9 Å². The van der Waals surface area contributed by atoms with E-state index >= 15 is 0 Å². The first kappa shape index (κ1) is 17.5. The van der Waals surface area contributed by atoms with Crippen molar-refractivity contribution < 1.29 is 19.8 Å². The minimum Gasteiger partial charge on any atom is -0.481 e. The second-order valence-electron chi connectivity index (χ2n) is 6.75. The molecule has 1 aliphatic carbocycles. The highest BCUT2D eigenvalue weighted by Gasteiger charge is 2.43. The molecule has 0 heterocycles. The number of carboxylic acids is 2. The molecule has 0 aliphatic heterocycles. The van der Waals surface area contributed by atoms with Crippen LogP contribution in [-0.4, -0.2) is 22.2 Å². The smallest absolute Gasteiger partial charge is 0.309 e. The Labute approximate surface area is 137 Å². The van der Waals surface area contributed by atoms with Gasteiger partial charge in [0.05, 0.1) is 11.3 Å². The third kappa shape index (κ3) is 4.12. The van der Waals surface area contributed by atoms with Gasteiger partial charge in [-0.2, -0.15) is 0 Å². The van der Waals surface area contributed by atoms with Crippen molar-refractivity contribution in [2.24, 2.45) is 11.3 Å². The van der Waals surface area contributed by atoms with Crippen LogP contribution in [0.2, 0.25) is 0 Å². The highest BCUT2D eigenvalue weighted by atomic mass is 16.4. The second-order valence-corrected chi connectivity index (χ2v) is 6.75. The van der Waals surface area contributed by atoms with Crippen molar-refractivity contribution in [1.82, 2.24) is 0 Å². The van der Waals surface area contributed by atoms with Crippen molar-refractivity contribution in [3.63, 3.8) is 0 Å². The fourth-order valence-corrected chi connectivity index (χ4v) is 3.59. The van der Waals surface area contributed by atoms with E-state index in [1.54, 1.807) is 0 Å². The normalized spacial score (nSPS) is 24.3. The minimum absolute atomic E-state index is 0.391. The quantitative estimate of drug-likeness (QED) is 0.799. The number of aryl methyl sites for hydroxylation is 1. The molecule has 2 N–H and O–H groups in total. The van der Waals surface area contributed by atoms with Crippen LogP contribution in [0.3, 0.4) is 0 Å². The first-order valence-electron chi connectivity index (χ1n) is 8.51. The summed E-state index contributed by atoms with van der Waals surface area (Å²) in [5.74, 6) is -1.98. The van der Waals surface area contributed by atoms with Crippen LogP contribution < -0.4 is 0 Å². The zero-order valence-electron chi connectivity index (χ0n) is 13.8. The SMILES string of the molecule is CCCCc1ccccc1CC1(C(=O)O)CCC(C(=O)O)CC1. The van der Waals surface area contributed by atoms with E-state index in [-0.39, 0.29) is 0 Å². The summed E-state index contributed by atoms with van der Waals surface area (Å²) in [4.78, 5) is 23.1. The van der Waals surface area contributed by atoms with Crippen LogP contribution in [0.15, 0.2) is 24.3 Å². The van der Waals surface area contributed by atoms with Crippen LogP contribution >= 0.6 is 0 Å². The number of unbranched alkanes of at least 4 members (excludes halogenated alkanes) is 1. The van der Waals surface area contributed by atoms with Gasteiger partial charge < -0.3 is 10.2 Å². The molecule has 23 heavy (non-hydrogen) atoms. The standard InChI is InChI=1S/C19H26O4/c1-2-3-6-14-7-4-5-8-16(14)13-19(18(22)23)11-9-15(10-12-19)17(20)21/h4-5,7-8,15H,2-3,6,9-13H2,1H3,(H,20,21)(H,22,23). The summed E-state index contributed by atoms with van der Waals surface area (Å²) in [6.45, 7) is 2.15. The maximum atomic E-state index is 11.9. The van der Waals surface area contributed by atoms with Gasteiger partial charge >= 0.3 is 11.9 Å². The Kier molecular flexibility index (Phi) is 5.80. The first-order chi connectivity index (χ1) is 11.0. The highest BCUT2D eigenvalue weighted by Crippen LogP contribution is 2.42. The van der Waals surface area contributed by atoms with Gasteiger partial charge in [-0.15, -0.1) is 0 Å². The third-order valence-corrected chi connectivity index (χ3v) is 5.19. The number of aliphatic carboxylic acids is 2. The molecular weight excluding hydrogens is 292 g/mol. The number of benzene rings is 1. The molecule has 0 unspecified atom stereocenters. The fraction of sp³-hybridized carbons (Fsp3) is 0.579. The minimum atomic E-state index is -0.811. The summed E-state index contributed by atoms with van der Waals surface area (Å²) >= 11 is 0. The zero-order valence-corrected chi connectivity index (χ0v) is 13.8. The maximum absolute atomic E-state index is 11.9. The van der Waals surface area contributed by atoms with Gasteiger partial charge in [-0.1, -0.05) is 37.6 Å². The van der Waals surface area contributed by atoms with Crippen molar-refractivity contribution in [2.75, 3.05) is 0 Å². The summed E-state index contributed by atoms with van der Waals surface area (Å²) in [6, 6.07) is 8.08. The highest BCUT2D eigenvalue weighted by molar-refractivity contribution is 5.76. The lowest BCUT2D eigenvalue weighted by molar-refractivity contribution is -0.155. The summed E-state index contributed by atoms with van der Waals surface area (Å²) in [5.41, 5.74) is 1.53. The number of hydrogen-bond acceptors (Lipinski definition) is 2. The van der Waals surface area contributed by atoms with Gasteiger partial charge in [0.2, 0.25) is 0 Å². The zero-order chi connectivity index (χ0) is 16.9. The maximum Gasteiger partial charge on any atom is 0.309 e. The van der Waals surface area contributed by atoms with Crippen LogP contribution in [0.25, 0.3) is 0 Å². The van der Waals surface area contributed by atoms with Crippen LogP contribution in [0.1, 0.15) is 56.6 Å².